The van der Waals surface area contributed by atoms with Crippen molar-refractivity contribution in [2.24, 2.45) is 0 Å². The lowest BCUT2D eigenvalue weighted by atomic mass is 10.1. The van der Waals surface area contributed by atoms with Crippen LogP contribution in [0, 0.1) is 19.7 Å². The largest absolute Gasteiger partial charge is 0.340 e. The molecule has 2 aromatic carbocycles. The Labute approximate surface area is 150 Å². The first kappa shape index (κ1) is 17.4. The molecular formula is C19H18ClFN2O2. The lowest BCUT2D eigenvalue weighted by molar-refractivity contribution is -0.118. The van der Waals surface area contributed by atoms with E-state index < -0.39 is 17.8 Å². The molecule has 2 amide bonds. The normalized spacial score (nSPS) is 17.0. The lowest BCUT2D eigenvalue weighted by Crippen LogP contribution is -2.41. The number of benzene rings is 2. The van der Waals surface area contributed by atoms with Gasteiger partial charge in [0.2, 0.25) is 5.91 Å². The average Bonchev–Trinajstić information content (AvgIpc) is 2.93. The summed E-state index contributed by atoms with van der Waals surface area (Å²) in [6, 6.07) is 8.75. The van der Waals surface area contributed by atoms with Gasteiger partial charge in [-0.3, -0.25) is 9.59 Å². The second-order valence-electron chi connectivity index (χ2n) is 6.20. The van der Waals surface area contributed by atoms with Crippen molar-refractivity contribution in [3.8, 4) is 0 Å². The maximum Gasteiger partial charge on any atom is 0.253 e. The van der Waals surface area contributed by atoms with Crippen LogP contribution in [-0.4, -0.2) is 24.4 Å². The Morgan fingerprint density at radius 1 is 1.20 bits per heavy atom. The highest BCUT2D eigenvalue weighted by atomic mass is 35.5. The van der Waals surface area contributed by atoms with Gasteiger partial charge in [0.1, 0.15) is 11.9 Å². The summed E-state index contributed by atoms with van der Waals surface area (Å²) in [5.41, 5.74) is 3.10. The molecule has 1 aliphatic heterocycles. The van der Waals surface area contributed by atoms with Gasteiger partial charge in [0.15, 0.2) is 0 Å². The van der Waals surface area contributed by atoms with Gasteiger partial charge >= 0.3 is 0 Å². The van der Waals surface area contributed by atoms with Gasteiger partial charge in [0.25, 0.3) is 5.91 Å². The Balaban J connectivity index is 1.74. The molecule has 0 radical (unpaired) electrons. The molecule has 25 heavy (non-hydrogen) atoms. The van der Waals surface area contributed by atoms with Gasteiger partial charge in [-0.05, 0) is 61.7 Å². The molecule has 0 unspecified atom stereocenters. The average molecular weight is 361 g/mol. The SMILES string of the molecule is Cc1ccc(N2CC[C@@H](NC(=O)c3cc(F)ccc3Cl)C2=O)cc1C. The van der Waals surface area contributed by atoms with Crippen LogP contribution in [0.2, 0.25) is 5.02 Å². The standard InChI is InChI=1S/C19H18ClFN2O2/c1-11-3-5-14(9-12(11)2)23-8-7-17(19(23)25)22-18(24)15-10-13(21)4-6-16(15)20/h3-6,9-10,17H,7-8H2,1-2H3,(H,22,24)/t17-/m1/s1. The molecule has 0 aromatic heterocycles. The van der Waals surface area contributed by atoms with E-state index in [1.807, 2.05) is 32.0 Å². The lowest BCUT2D eigenvalue weighted by Gasteiger charge is -2.18. The van der Waals surface area contributed by atoms with E-state index in [4.69, 9.17) is 11.6 Å². The molecule has 130 valence electrons. The van der Waals surface area contributed by atoms with Crippen LogP contribution >= 0.6 is 11.6 Å². The van der Waals surface area contributed by atoms with Crippen molar-refractivity contribution >= 4 is 29.1 Å². The Kier molecular flexibility index (Phi) is 4.77. The molecule has 3 rings (SSSR count). The summed E-state index contributed by atoms with van der Waals surface area (Å²) in [5.74, 6) is -1.28. The molecule has 1 fully saturated rings. The molecule has 1 N–H and O–H groups in total. The molecule has 1 aliphatic rings. The zero-order chi connectivity index (χ0) is 18.1. The van der Waals surface area contributed by atoms with Crippen molar-refractivity contribution in [2.45, 2.75) is 26.3 Å². The van der Waals surface area contributed by atoms with Gasteiger partial charge in [-0.2, -0.15) is 0 Å². The third-order valence-corrected chi connectivity index (χ3v) is 4.82. The maximum absolute atomic E-state index is 13.3. The molecule has 4 nitrogen and oxygen atoms in total. The summed E-state index contributed by atoms with van der Waals surface area (Å²) in [7, 11) is 0. The van der Waals surface area contributed by atoms with Crippen LogP contribution in [0.15, 0.2) is 36.4 Å². The van der Waals surface area contributed by atoms with E-state index in [9.17, 15) is 14.0 Å². The van der Waals surface area contributed by atoms with Crippen molar-refractivity contribution in [2.75, 3.05) is 11.4 Å². The van der Waals surface area contributed by atoms with Crippen LogP contribution in [0.5, 0.6) is 0 Å². The van der Waals surface area contributed by atoms with Crippen LogP contribution in [-0.2, 0) is 4.79 Å². The van der Waals surface area contributed by atoms with Gasteiger partial charge in [-0.15, -0.1) is 0 Å². The number of aryl methyl sites for hydroxylation is 2. The highest BCUT2D eigenvalue weighted by Crippen LogP contribution is 2.25. The molecule has 2 aromatic rings. The summed E-state index contributed by atoms with van der Waals surface area (Å²) in [4.78, 5) is 26.6. The number of nitrogens with one attached hydrogen (secondary N) is 1. The number of halogens is 2. The third-order valence-electron chi connectivity index (χ3n) is 4.49. The summed E-state index contributed by atoms with van der Waals surface area (Å²) >= 11 is 5.95. The quantitative estimate of drug-likeness (QED) is 0.908. The highest BCUT2D eigenvalue weighted by molar-refractivity contribution is 6.33. The summed E-state index contributed by atoms with van der Waals surface area (Å²) in [6.45, 7) is 4.52. The summed E-state index contributed by atoms with van der Waals surface area (Å²) in [5, 5.41) is 2.81. The van der Waals surface area contributed by atoms with Crippen molar-refractivity contribution in [1.82, 2.24) is 5.32 Å². The predicted molar refractivity (Wildman–Crippen MR) is 95.6 cm³/mol. The number of hydrogen-bond acceptors (Lipinski definition) is 2. The number of amides is 2. The molecule has 6 heteroatoms. The Morgan fingerprint density at radius 3 is 2.68 bits per heavy atom. The number of nitrogens with zero attached hydrogens (tertiary/aromatic N) is 1. The molecule has 1 saturated heterocycles. The first-order chi connectivity index (χ1) is 11.9. The topological polar surface area (TPSA) is 49.4 Å². The van der Waals surface area contributed by atoms with E-state index in [1.54, 1.807) is 4.90 Å². The van der Waals surface area contributed by atoms with Crippen LogP contribution < -0.4 is 10.2 Å². The monoisotopic (exact) mass is 360 g/mol. The van der Waals surface area contributed by atoms with Gasteiger partial charge < -0.3 is 10.2 Å². The van der Waals surface area contributed by atoms with Crippen LogP contribution in [0.4, 0.5) is 10.1 Å². The van der Waals surface area contributed by atoms with Gasteiger partial charge in [-0.1, -0.05) is 17.7 Å². The first-order valence-electron chi connectivity index (χ1n) is 8.01. The second kappa shape index (κ2) is 6.84. The van der Waals surface area contributed by atoms with Crippen LogP contribution in [0.25, 0.3) is 0 Å². The number of anilines is 1. The molecule has 1 atom stereocenters. The summed E-state index contributed by atoms with van der Waals surface area (Å²) < 4.78 is 13.3. The highest BCUT2D eigenvalue weighted by Gasteiger charge is 2.34. The van der Waals surface area contributed by atoms with Gasteiger partial charge in [0, 0.05) is 12.2 Å². The van der Waals surface area contributed by atoms with Crippen molar-refractivity contribution in [1.29, 1.82) is 0 Å². The minimum atomic E-state index is -0.645. The molecule has 0 aliphatic carbocycles. The maximum atomic E-state index is 13.3. The van der Waals surface area contributed by atoms with E-state index in [0.717, 1.165) is 22.9 Å². The Hall–Kier alpha value is -2.40. The van der Waals surface area contributed by atoms with E-state index in [2.05, 4.69) is 5.32 Å². The summed E-state index contributed by atoms with van der Waals surface area (Å²) in [6.07, 6.45) is 0.491. The van der Waals surface area contributed by atoms with E-state index >= 15 is 0 Å². The van der Waals surface area contributed by atoms with E-state index in [1.165, 1.54) is 12.1 Å². The van der Waals surface area contributed by atoms with Crippen molar-refractivity contribution in [3.05, 3.63) is 63.9 Å². The van der Waals surface area contributed by atoms with Crippen molar-refractivity contribution in [3.63, 3.8) is 0 Å². The molecule has 1 heterocycles. The number of carbonyl (C=O) groups is 2. The Bertz CT molecular complexity index is 853. The van der Waals surface area contributed by atoms with Crippen molar-refractivity contribution < 1.29 is 14.0 Å². The van der Waals surface area contributed by atoms with E-state index in [0.29, 0.717) is 13.0 Å². The van der Waals surface area contributed by atoms with E-state index in [-0.39, 0.29) is 16.5 Å². The Morgan fingerprint density at radius 2 is 1.96 bits per heavy atom. The fourth-order valence-corrected chi connectivity index (χ4v) is 3.07. The minimum absolute atomic E-state index is 0.0269. The zero-order valence-electron chi connectivity index (χ0n) is 14.0. The van der Waals surface area contributed by atoms with Crippen LogP contribution in [0.3, 0.4) is 0 Å². The first-order valence-corrected chi connectivity index (χ1v) is 8.39. The fraction of sp³-hybridized carbons (Fsp3) is 0.263. The predicted octanol–water partition coefficient (Wildman–Crippen LogP) is 3.63. The second-order valence-corrected chi connectivity index (χ2v) is 6.60. The third kappa shape index (κ3) is 3.51. The molecule has 0 spiro atoms. The number of carbonyl (C=O) groups excluding carboxylic acids is 2. The smallest absolute Gasteiger partial charge is 0.253 e. The number of rotatable bonds is 3. The molecular weight excluding hydrogens is 343 g/mol. The van der Waals surface area contributed by atoms with Crippen LogP contribution in [0.1, 0.15) is 27.9 Å². The minimum Gasteiger partial charge on any atom is -0.340 e. The van der Waals surface area contributed by atoms with Gasteiger partial charge in [-0.25, -0.2) is 4.39 Å². The fourth-order valence-electron chi connectivity index (χ4n) is 2.87. The number of hydrogen-bond donors (Lipinski definition) is 1. The molecule has 0 saturated carbocycles. The van der Waals surface area contributed by atoms with Gasteiger partial charge in [0.05, 0.1) is 10.6 Å². The zero-order valence-corrected chi connectivity index (χ0v) is 14.7. The molecule has 0 bridgehead atoms.